The van der Waals surface area contributed by atoms with Gasteiger partial charge in [0.05, 0.1) is 0 Å². The number of methoxy groups -OCH3 is 1. The fourth-order valence-corrected chi connectivity index (χ4v) is 2.60. The van der Waals surface area contributed by atoms with Gasteiger partial charge in [0.15, 0.2) is 0 Å². The van der Waals surface area contributed by atoms with Gasteiger partial charge in [0.25, 0.3) is 0 Å². The van der Waals surface area contributed by atoms with Gasteiger partial charge in [0.1, 0.15) is 6.61 Å². The monoisotopic (exact) mass is 279 g/mol. The number of likely N-dealkylation sites (tertiary alicyclic amines) is 1. The Morgan fingerprint density at radius 1 is 1.45 bits per heavy atom. The van der Waals surface area contributed by atoms with Crippen molar-refractivity contribution in [3.05, 3.63) is 24.0 Å². The molecule has 0 spiro atoms. The molecule has 0 radical (unpaired) electrons. The number of nitrogens with one attached hydrogen (secondary N) is 1. The molecule has 0 aliphatic carbocycles. The van der Waals surface area contributed by atoms with Crippen molar-refractivity contribution in [2.24, 2.45) is 0 Å². The highest BCUT2D eigenvalue weighted by Gasteiger charge is 2.22. The van der Waals surface area contributed by atoms with E-state index in [0.717, 1.165) is 39.0 Å². The number of carbonyl (C=O) groups excluding carboxylic acids is 1. The molecule has 1 amide bonds. The maximum Gasteiger partial charge on any atom is 0.248 e. The Balaban J connectivity index is 1.70. The molecule has 1 aromatic heterocycles. The summed E-state index contributed by atoms with van der Waals surface area (Å²) >= 11 is 0. The minimum atomic E-state index is 0.103. The molecule has 0 unspecified atom stereocenters. The van der Waals surface area contributed by atoms with E-state index >= 15 is 0 Å². The number of nitrogens with zero attached hydrogens (tertiary/aromatic N) is 2. The van der Waals surface area contributed by atoms with Crippen molar-refractivity contribution in [2.75, 3.05) is 26.8 Å². The minimum absolute atomic E-state index is 0.103. The van der Waals surface area contributed by atoms with Crippen molar-refractivity contribution in [2.45, 2.75) is 38.9 Å². The number of ether oxygens (including phenoxy) is 1. The van der Waals surface area contributed by atoms with Crippen LogP contribution in [0.4, 0.5) is 0 Å². The maximum atomic E-state index is 11.7. The lowest BCUT2D eigenvalue weighted by atomic mass is 10.0. The Bertz CT molecular complexity index is 423. The predicted octanol–water partition coefficient (Wildman–Crippen LogP) is 1.23. The molecule has 5 nitrogen and oxygen atoms in total. The third-order valence-corrected chi connectivity index (χ3v) is 3.89. The molecule has 0 bridgehead atoms. The molecule has 20 heavy (non-hydrogen) atoms. The lowest BCUT2D eigenvalue weighted by molar-refractivity contribution is -0.136. The highest BCUT2D eigenvalue weighted by Crippen LogP contribution is 2.11. The van der Waals surface area contributed by atoms with Gasteiger partial charge in [-0.3, -0.25) is 4.79 Å². The number of hydrogen-bond donors (Lipinski definition) is 1. The zero-order valence-corrected chi connectivity index (χ0v) is 12.5. The molecule has 1 fully saturated rings. The molecule has 1 aliphatic rings. The largest absolute Gasteiger partial charge is 0.375 e. The number of carbonyl (C=O) groups is 1. The topological polar surface area (TPSA) is 46.5 Å². The van der Waals surface area contributed by atoms with E-state index in [-0.39, 0.29) is 12.5 Å². The third-order valence-electron chi connectivity index (χ3n) is 3.89. The summed E-state index contributed by atoms with van der Waals surface area (Å²) < 4.78 is 7.08. The van der Waals surface area contributed by atoms with Gasteiger partial charge >= 0.3 is 0 Å². The van der Waals surface area contributed by atoms with Crippen LogP contribution in [-0.2, 0) is 22.6 Å². The molecule has 2 rings (SSSR count). The molecule has 0 atom stereocenters. The normalized spacial score (nSPS) is 16.6. The summed E-state index contributed by atoms with van der Waals surface area (Å²) in [4.78, 5) is 13.6. The van der Waals surface area contributed by atoms with Crippen LogP contribution in [0.1, 0.15) is 25.3 Å². The predicted molar refractivity (Wildman–Crippen MR) is 78.4 cm³/mol. The first-order chi connectivity index (χ1) is 9.72. The van der Waals surface area contributed by atoms with Gasteiger partial charge in [-0.05, 0) is 31.4 Å². The number of hydrogen-bond acceptors (Lipinski definition) is 3. The molecule has 5 heteroatoms. The van der Waals surface area contributed by atoms with Crippen LogP contribution in [0.2, 0.25) is 0 Å². The maximum absolute atomic E-state index is 11.7. The van der Waals surface area contributed by atoms with Crippen LogP contribution in [0.25, 0.3) is 0 Å². The Hall–Kier alpha value is -1.33. The summed E-state index contributed by atoms with van der Waals surface area (Å²) in [5, 5.41) is 3.58. The van der Waals surface area contributed by atoms with E-state index in [1.165, 1.54) is 5.56 Å². The summed E-state index contributed by atoms with van der Waals surface area (Å²) in [7, 11) is 1.56. The SMILES string of the molecule is CCn1ccc(CNC2CCN(C(=O)COC)CC2)c1. The number of amides is 1. The summed E-state index contributed by atoms with van der Waals surface area (Å²) in [6.45, 7) is 5.92. The lowest BCUT2D eigenvalue weighted by Gasteiger charge is -2.32. The average molecular weight is 279 g/mol. The van der Waals surface area contributed by atoms with Crippen LogP contribution >= 0.6 is 0 Å². The molecule has 1 saturated heterocycles. The van der Waals surface area contributed by atoms with Crippen LogP contribution in [0, 0.1) is 0 Å². The number of piperidine rings is 1. The van der Waals surface area contributed by atoms with Crippen LogP contribution in [0.15, 0.2) is 18.5 Å². The van der Waals surface area contributed by atoms with Gasteiger partial charge in [-0.15, -0.1) is 0 Å². The van der Waals surface area contributed by atoms with Crippen LogP contribution in [-0.4, -0.2) is 48.2 Å². The van der Waals surface area contributed by atoms with E-state index in [4.69, 9.17) is 4.74 Å². The van der Waals surface area contributed by atoms with Crippen molar-refractivity contribution in [3.8, 4) is 0 Å². The summed E-state index contributed by atoms with van der Waals surface area (Å²) in [5.74, 6) is 0.103. The highest BCUT2D eigenvalue weighted by molar-refractivity contribution is 5.77. The molecular weight excluding hydrogens is 254 g/mol. The van der Waals surface area contributed by atoms with Gasteiger partial charge in [0.2, 0.25) is 5.91 Å². The first-order valence-corrected chi connectivity index (χ1v) is 7.37. The van der Waals surface area contributed by atoms with E-state index in [2.05, 4.69) is 35.3 Å². The van der Waals surface area contributed by atoms with Crippen molar-refractivity contribution >= 4 is 5.91 Å². The molecule has 1 N–H and O–H groups in total. The van der Waals surface area contributed by atoms with Crippen LogP contribution in [0.3, 0.4) is 0 Å². The molecular formula is C15H25N3O2. The Kier molecular flexibility index (Phi) is 5.61. The van der Waals surface area contributed by atoms with Crippen molar-refractivity contribution in [3.63, 3.8) is 0 Å². The Labute approximate surface area is 120 Å². The molecule has 2 heterocycles. The summed E-state index contributed by atoms with van der Waals surface area (Å²) in [6, 6.07) is 2.67. The molecule has 112 valence electrons. The lowest BCUT2D eigenvalue weighted by Crippen LogP contribution is -2.45. The first kappa shape index (κ1) is 15.1. The van der Waals surface area contributed by atoms with Gasteiger partial charge < -0.3 is 19.5 Å². The van der Waals surface area contributed by atoms with Crippen LogP contribution < -0.4 is 5.32 Å². The second-order valence-electron chi connectivity index (χ2n) is 5.32. The standard InChI is InChI=1S/C15H25N3O2/c1-3-17-7-4-13(11-17)10-16-14-5-8-18(9-6-14)15(19)12-20-2/h4,7,11,14,16H,3,5-6,8-10,12H2,1-2H3. The van der Waals surface area contributed by atoms with Gasteiger partial charge in [-0.2, -0.15) is 0 Å². The molecule has 0 aromatic carbocycles. The second-order valence-corrected chi connectivity index (χ2v) is 5.32. The zero-order valence-electron chi connectivity index (χ0n) is 12.5. The van der Waals surface area contributed by atoms with Gasteiger partial charge in [-0.1, -0.05) is 0 Å². The highest BCUT2D eigenvalue weighted by atomic mass is 16.5. The van der Waals surface area contributed by atoms with Crippen LogP contribution in [0.5, 0.6) is 0 Å². The van der Waals surface area contributed by atoms with Crippen molar-refractivity contribution in [1.29, 1.82) is 0 Å². The van der Waals surface area contributed by atoms with E-state index < -0.39 is 0 Å². The quantitative estimate of drug-likeness (QED) is 0.852. The Morgan fingerprint density at radius 3 is 2.80 bits per heavy atom. The fraction of sp³-hybridized carbons (Fsp3) is 0.667. The number of rotatable bonds is 6. The minimum Gasteiger partial charge on any atom is -0.375 e. The first-order valence-electron chi connectivity index (χ1n) is 7.37. The third kappa shape index (κ3) is 4.08. The van der Waals surface area contributed by atoms with Crippen molar-refractivity contribution in [1.82, 2.24) is 14.8 Å². The average Bonchev–Trinajstić information content (AvgIpc) is 2.94. The second kappa shape index (κ2) is 7.45. The number of aryl methyl sites for hydroxylation is 1. The molecule has 1 aliphatic heterocycles. The fourth-order valence-electron chi connectivity index (χ4n) is 2.60. The summed E-state index contributed by atoms with van der Waals surface area (Å²) in [5.41, 5.74) is 1.32. The van der Waals surface area contributed by atoms with E-state index in [1.807, 2.05) is 4.90 Å². The summed E-state index contributed by atoms with van der Waals surface area (Å²) in [6.07, 6.45) is 6.33. The van der Waals surface area contributed by atoms with E-state index in [9.17, 15) is 4.79 Å². The zero-order chi connectivity index (χ0) is 14.4. The van der Waals surface area contributed by atoms with Gasteiger partial charge in [-0.25, -0.2) is 0 Å². The van der Waals surface area contributed by atoms with Gasteiger partial charge in [0, 0.05) is 51.7 Å². The smallest absolute Gasteiger partial charge is 0.248 e. The Morgan fingerprint density at radius 2 is 2.20 bits per heavy atom. The van der Waals surface area contributed by atoms with Crippen molar-refractivity contribution < 1.29 is 9.53 Å². The molecule has 0 saturated carbocycles. The van der Waals surface area contributed by atoms with E-state index in [1.54, 1.807) is 7.11 Å². The van der Waals surface area contributed by atoms with E-state index in [0.29, 0.717) is 6.04 Å². The molecule has 1 aromatic rings. The number of aromatic nitrogens is 1.